The van der Waals surface area contributed by atoms with Gasteiger partial charge in [-0.25, -0.2) is 0 Å². The Hall–Kier alpha value is -1.22. The Bertz CT molecular complexity index is 354. The minimum absolute atomic E-state index is 0.358. The Morgan fingerprint density at radius 2 is 2.06 bits per heavy atom. The quantitative estimate of drug-likeness (QED) is 0.869. The van der Waals surface area contributed by atoms with Gasteiger partial charge in [0.25, 0.3) is 0 Å². The van der Waals surface area contributed by atoms with E-state index in [0.29, 0.717) is 5.75 Å². The van der Waals surface area contributed by atoms with Gasteiger partial charge in [0.15, 0.2) is 0 Å². The van der Waals surface area contributed by atoms with E-state index in [1.165, 1.54) is 25.9 Å². The molecule has 3 nitrogen and oxygen atoms in total. The molecule has 0 bridgehead atoms. The van der Waals surface area contributed by atoms with Crippen LogP contribution in [0.25, 0.3) is 0 Å². The number of anilines is 1. The summed E-state index contributed by atoms with van der Waals surface area (Å²) in [5, 5.41) is 9.51. The summed E-state index contributed by atoms with van der Waals surface area (Å²) < 4.78 is 0. The molecule has 1 aromatic carbocycles. The van der Waals surface area contributed by atoms with Gasteiger partial charge in [-0.1, -0.05) is 13.0 Å². The molecule has 3 heteroatoms. The van der Waals surface area contributed by atoms with Gasteiger partial charge in [-0.15, -0.1) is 0 Å². The van der Waals surface area contributed by atoms with Crippen molar-refractivity contribution in [3.8, 4) is 5.75 Å². The number of benzene rings is 1. The van der Waals surface area contributed by atoms with Crippen LogP contribution in [-0.2, 0) is 0 Å². The molecule has 17 heavy (non-hydrogen) atoms. The maximum atomic E-state index is 9.51. The molecule has 1 N–H and O–H groups in total. The summed E-state index contributed by atoms with van der Waals surface area (Å²) in [7, 11) is 0. The number of hydrogen-bond donors (Lipinski definition) is 1. The fourth-order valence-corrected chi connectivity index (χ4v) is 2.46. The molecule has 1 fully saturated rings. The van der Waals surface area contributed by atoms with E-state index in [-0.39, 0.29) is 0 Å². The summed E-state index contributed by atoms with van der Waals surface area (Å²) >= 11 is 0. The third kappa shape index (κ3) is 3.37. The van der Waals surface area contributed by atoms with Gasteiger partial charge in [-0.05, 0) is 38.1 Å². The molecule has 94 valence electrons. The lowest BCUT2D eigenvalue weighted by Crippen LogP contribution is -2.31. The second kappa shape index (κ2) is 5.92. The van der Waals surface area contributed by atoms with Gasteiger partial charge in [0.1, 0.15) is 5.75 Å². The van der Waals surface area contributed by atoms with E-state index in [0.717, 1.165) is 25.3 Å². The molecule has 1 saturated heterocycles. The highest BCUT2D eigenvalue weighted by atomic mass is 16.3. The number of phenols is 1. The molecular weight excluding hydrogens is 212 g/mol. The smallest absolute Gasteiger partial charge is 0.117 e. The van der Waals surface area contributed by atoms with Gasteiger partial charge in [0, 0.05) is 31.4 Å². The minimum atomic E-state index is 0.358. The van der Waals surface area contributed by atoms with Gasteiger partial charge >= 0.3 is 0 Å². The van der Waals surface area contributed by atoms with Crippen LogP contribution in [0.1, 0.15) is 19.8 Å². The Labute approximate surface area is 104 Å². The monoisotopic (exact) mass is 234 g/mol. The van der Waals surface area contributed by atoms with Crippen LogP contribution in [0.2, 0.25) is 0 Å². The Morgan fingerprint density at radius 1 is 1.18 bits per heavy atom. The molecule has 1 aliphatic rings. The van der Waals surface area contributed by atoms with Crippen LogP contribution in [-0.4, -0.2) is 42.7 Å². The molecule has 1 heterocycles. The van der Waals surface area contributed by atoms with Crippen molar-refractivity contribution in [2.75, 3.05) is 37.6 Å². The van der Waals surface area contributed by atoms with Crippen molar-refractivity contribution < 1.29 is 5.11 Å². The van der Waals surface area contributed by atoms with Crippen molar-refractivity contribution >= 4 is 5.69 Å². The summed E-state index contributed by atoms with van der Waals surface area (Å²) in [6.07, 6.45) is 2.43. The molecule has 0 saturated carbocycles. The van der Waals surface area contributed by atoms with E-state index >= 15 is 0 Å². The highest BCUT2D eigenvalue weighted by Gasteiger charge is 2.14. The Kier molecular flexibility index (Phi) is 4.26. The lowest BCUT2D eigenvalue weighted by Gasteiger charge is -2.23. The van der Waals surface area contributed by atoms with Gasteiger partial charge in [0.2, 0.25) is 0 Å². The minimum Gasteiger partial charge on any atom is -0.508 e. The first-order valence-corrected chi connectivity index (χ1v) is 6.56. The van der Waals surface area contributed by atoms with Crippen molar-refractivity contribution in [1.29, 1.82) is 0 Å². The van der Waals surface area contributed by atoms with E-state index < -0.39 is 0 Å². The number of aromatic hydroxyl groups is 1. The first-order chi connectivity index (χ1) is 8.29. The lowest BCUT2D eigenvalue weighted by atomic mass is 10.2. The summed E-state index contributed by atoms with van der Waals surface area (Å²) in [6.45, 7) is 7.91. The van der Waals surface area contributed by atoms with Crippen molar-refractivity contribution in [3.05, 3.63) is 24.3 Å². The number of nitrogens with zero attached hydrogens (tertiary/aromatic N) is 2. The first-order valence-electron chi connectivity index (χ1n) is 6.56. The number of rotatable bonds is 3. The summed E-state index contributed by atoms with van der Waals surface area (Å²) in [5.41, 5.74) is 1.14. The molecular formula is C14H22N2O. The molecule has 0 unspecified atom stereocenters. The molecule has 0 amide bonds. The van der Waals surface area contributed by atoms with Crippen LogP contribution in [0, 0.1) is 0 Å². The lowest BCUT2D eigenvalue weighted by molar-refractivity contribution is 0.294. The van der Waals surface area contributed by atoms with Crippen LogP contribution in [0.5, 0.6) is 5.75 Å². The zero-order valence-electron chi connectivity index (χ0n) is 10.6. The summed E-state index contributed by atoms with van der Waals surface area (Å²) in [4.78, 5) is 4.90. The number of phenolic OH excluding ortho intramolecular Hbond substituents is 1. The molecule has 1 aliphatic heterocycles. The van der Waals surface area contributed by atoms with Crippen molar-refractivity contribution in [2.45, 2.75) is 19.8 Å². The standard InChI is InChI=1S/C14H22N2O/c1-2-7-15-8-4-9-16(11-10-15)13-5-3-6-14(17)12-13/h3,5-6,12,17H,2,4,7-11H2,1H3. The van der Waals surface area contributed by atoms with Crippen LogP contribution >= 0.6 is 0 Å². The molecule has 0 atom stereocenters. The average molecular weight is 234 g/mol. The predicted octanol–water partition coefficient (Wildman–Crippen LogP) is 2.31. The fraction of sp³-hybridized carbons (Fsp3) is 0.571. The predicted molar refractivity (Wildman–Crippen MR) is 71.7 cm³/mol. The Balaban J connectivity index is 1.99. The zero-order chi connectivity index (χ0) is 12.1. The van der Waals surface area contributed by atoms with Gasteiger partial charge in [0.05, 0.1) is 0 Å². The molecule has 0 radical (unpaired) electrons. The maximum absolute atomic E-state index is 9.51. The fourth-order valence-electron chi connectivity index (χ4n) is 2.46. The van der Waals surface area contributed by atoms with Crippen LogP contribution < -0.4 is 4.90 Å². The molecule has 0 aromatic heterocycles. The first kappa shape index (κ1) is 12.2. The molecule has 1 aromatic rings. The highest BCUT2D eigenvalue weighted by Crippen LogP contribution is 2.21. The van der Waals surface area contributed by atoms with Gasteiger partial charge in [-0.2, -0.15) is 0 Å². The van der Waals surface area contributed by atoms with Crippen molar-refractivity contribution in [2.24, 2.45) is 0 Å². The van der Waals surface area contributed by atoms with Gasteiger partial charge < -0.3 is 14.9 Å². The van der Waals surface area contributed by atoms with E-state index in [2.05, 4.69) is 22.8 Å². The van der Waals surface area contributed by atoms with Crippen molar-refractivity contribution in [3.63, 3.8) is 0 Å². The molecule has 2 rings (SSSR count). The van der Waals surface area contributed by atoms with E-state index in [9.17, 15) is 5.11 Å². The highest BCUT2D eigenvalue weighted by molar-refractivity contribution is 5.50. The zero-order valence-corrected chi connectivity index (χ0v) is 10.6. The third-order valence-corrected chi connectivity index (χ3v) is 3.32. The number of hydrogen-bond acceptors (Lipinski definition) is 3. The van der Waals surface area contributed by atoms with Gasteiger partial charge in [-0.3, -0.25) is 0 Å². The van der Waals surface area contributed by atoms with E-state index in [1.54, 1.807) is 6.07 Å². The van der Waals surface area contributed by atoms with E-state index in [4.69, 9.17) is 0 Å². The summed E-state index contributed by atoms with van der Waals surface area (Å²) in [5.74, 6) is 0.358. The maximum Gasteiger partial charge on any atom is 0.117 e. The average Bonchev–Trinajstić information content (AvgIpc) is 2.55. The second-order valence-electron chi connectivity index (χ2n) is 4.70. The molecule has 0 spiro atoms. The largest absolute Gasteiger partial charge is 0.508 e. The SMILES string of the molecule is CCCN1CCCN(c2cccc(O)c2)CC1. The summed E-state index contributed by atoms with van der Waals surface area (Å²) in [6, 6.07) is 7.58. The third-order valence-electron chi connectivity index (χ3n) is 3.32. The molecule has 0 aliphatic carbocycles. The van der Waals surface area contributed by atoms with Crippen LogP contribution in [0.4, 0.5) is 5.69 Å². The van der Waals surface area contributed by atoms with Crippen LogP contribution in [0.15, 0.2) is 24.3 Å². The van der Waals surface area contributed by atoms with Crippen molar-refractivity contribution in [1.82, 2.24) is 4.90 Å². The van der Waals surface area contributed by atoms with E-state index in [1.807, 2.05) is 12.1 Å². The topological polar surface area (TPSA) is 26.7 Å². The second-order valence-corrected chi connectivity index (χ2v) is 4.70. The normalized spacial score (nSPS) is 18.1. The Morgan fingerprint density at radius 3 is 2.82 bits per heavy atom. The van der Waals surface area contributed by atoms with Crippen LogP contribution in [0.3, 0.4) is 0 Å².